The number of hydrogen-bond donors (Lipinski definition) is 0. The zero-order valence-electron chi connectivity index (χ0n) is 11.4. The number of nitrogens with zero attached hydrogens (tertiary/aromatic N) is 1. The van der Waals surface area contributed by atoms with Crippen LogP contribution >= 0.6 is 0 Å². The second-order valence-corrected chi connectivity index (χ2v) is 5.25. The summed E-state index contributed by atoms with van der Waals surface area (Å²) in [6, 6.07) is 0. The summed E-state index contributed by atoms with van der Waals surface area (Å²) in [5.74, 6) is -0.283. The van der Waals surface area contributed by atoms with Crippen LogP contribution in [0.25, 0.3) is 0 Å². The highest BCUT2D eigenvalue weighted by Gasteiger charge is 2.27. The van der Waals surface area contributed by atoms with E-state index in [4.69, 9.17) is 4.74 Å². The molecule has 0 heterocycles. The Morgan fingerprint density at radius 2 is 1.88 bits per heavy atom. The van der Waals surface area contributed by atoms with E-state index < -0.39 is 0 Å². The summed E-state index contributed by atoms with van der Waals surface area (Å²) >= 11 is 0. The zero-order valence-corrected chi connectivity index (χ0v) is 11.4. The average molecular weight is 228 g/mol. The first-order valence-electron chi connectivity index (χ1n) is 5.96. The van der Waals surface area contributed by atoms with Crippen molar-refractivity contribution in [3.05, 3.63) is 12.2 Å². The van der Waals surface area contributed by atoms with E-state index in [-0.39, 0.29) is 12.2 Å². The molecule has 0 radical (unpaired) electrons. The van der Waals surface area contributed by atoms with Gasteiger partial charge in [0, 0.05) is 12.0 Å². The summed E-state index contributed by atoms with van der Waals surface area (Å²) in [5.41, 5.74) is 0.467. The van der Waals surface area contributed by atoms with E-state index in [0.717, 1.165) is 12.8 Å². The molecule has 0 bridgehead atoms. The molecule has 1 atom stereocenters. The fourth-order valence-electron chi connectivity index (χ4n) is 1.40. The van der Waals surface area contributed by atoms with Gasteiger partial charge in [0.25, 0.3) is 0 Å². The Morgan fingerprint density at radius 1 is 1.31 bits per heavy atom. The molecule has 0 saturated heterocycles. The van der Waals surface area contributed by atoms with Gasteiger partial charge < -0.3 is 4.74 Å². The Balaban J connectivity index is 4.33. The molecular weight excluding hydrogens is 202 g/mol. The lowest BCUT2D eigenvalue weighted by Gasteiger charge is -2.33. The molecule has 0 aliphatic carbocycles. The quantitative estimate of drug-likeness (QED) is 0.220. The topological polar surface area (TPSA) is 26.3 Å². The third-order valence-corrected chi connectivity index (χ3v) is 2.51. The molecule has 0 rings (SSSR count). The molecule has 0 aliphatic heterocycles. The number of carbonyl (C=O) groups excluding carboxylic acids is 1. The molecule has 16 heavy (non-hydrogen) atoms. The molecule has 0 N–H and O–H groups in total. The minimum Gasteiger partial charge on any atom is -0.409 e. The predicted octanol–water partition coefficient (Wildman–Crippen LogP) is 2.72. The van der Waals surface area contributed by atoms with E-state index in [0.29, 0.717) is 10.1 Å². The molecule has 0 aromatic heterocycles. The normalized spacial score (nSPS) is 13.3. The van der Waals surface area contributed by atoms with Gasteiger partial charge in [-0.3, -0.25) is 4.48 Å². The summed E-state index contributed by atoms with van der Waals surface area (Å²) < 4.78 is 6.10. The van der Waals surface area contributed by atoms with Gasteiger partial charge in [-0.25, -0.2) is 4.79 Å². The maximum atomic E-state index is 11.5. The highest BCUT2D eigenvalue weighted by Crippen LogP contribution is 2.15. The lowest BCUT2D eigenvalue weighted by Crippen LogP contribution is -2.47. The van der Waals surface area contributed by atoms with E-state index in [1.54, 1.807) is 6.92 Å². The van der Waals surface area contributed by atoms with E-state index in [2.05, 4.69) is 13.5 Å². The van der Waals surface area contributed by atoms with Crippen molar-refractivity contribution in [3.8, 4) is 0 Å². The van der Waals surface area contributed by atoms with Gasteiger partial charge in [0.1, 0.15) is 0 Å². The first-order valence-corrected chi connectivity index (χ1v) is 5.96. The van der Waals surface area contributed by atoms with E-state index in [9.17, 15) is 4.79 Å². The highest BCUT2D eigenvalue weighted by molar-refractivity contribution is 5.86. The summed E-state index contributed by atoms with van der Waals surface area (Å²) in [7, 11) is 6.13. The average Bonchev–Trinajstić information content (AvgIpc) is 2.14. The molecular formula is C13H26NO2+. The number of quaternary nitrogens is 1. The lowest BCUT2D eigenvalue weighted by molar-refractivity contribution is -0.917. The Bertz CT molecular complexity index is 241. The van der Waals surface area contributed by atoms with Crippen molar-refractivity contribution in [3.63, 3.8) is 0 Å². The Labute approximate surface area is 99.7 Å². The van der Waals surface area contributed by atoms with Crippen LogP contribution in [0.1, 0.15) is 39.5 Å². The van der Waals surface area contributed by atoms with E-state index >= 15 is 0 Å². The molecule has 0 aliphatic rings. The maximum absolute atomic E-state index is 11.5. The van der Waals surface area contributed by atoms with Crippen LogP contribution in [0.4, 0.5) is 0 Å². The largest absolute Gasteiger partial charge is 0.409 e. The van der Waals surface area contributed by atoms with Gasteiger partial charge in [-0.15, -0.1) is 0 Å². The highest BCUT2D eigenvalue weighted by atomic mass is 16.6. The number of ether oxygens (including phenoxy) is 1. The fourth-order valence-corrected chi connectivity index (χ4v) is 1.40. The molecule has 3 heteroatoms. The molecule has 0 amide bonds. The zero-order chi connectivity index (χ0) is 12.8. The van der Waals surface area contributed by atoms with Crippen LogP contribution in [0.2, 0.25) is 0 Å². The van der Waals surface area contributed by atoms with Crippen LogP contribution in [0, 0.1) is 0 Å². The summed E-state index contributed by atoms with van der Waals surface area (Å²) in [6.07, 6.45) is 4.30. The van der Waals surface area contributed by atoms with Gasteiger partial charge in [0.2, 0.25) is 6.23 Å². The first kappa shape index (κ1) is 15.2. The second-order valence-electron chi connectivity index (χ2n) is 5.25. The van der Waals surface area contributed by atoms with Crippen molar-refractivity contribution < 1.29 is 14.0 Å². The molecule has 0 aromatic carbocycles. The monoisotopic (exact) mass is 228 g/mol. The van der Waals surface area contributed by atoms with Crippen molar-refractivity contribution in [2.24, 2.45) is 0 Å². The van der Waals surface area contributed by atoms with Gasteiger partial charge in [-0.2, -0.15) is 0 Å². The van der Waals surface area contributed by atoms with Crippen LogP contribution in [-0.2, 0) is 9.53 Å². The summed E-state index contributed by atoms with van der Waals surface area (Å²) in [5, 5.41) is 0. The third-order valence-electron chi connectivity index (χ3n) is 2.51. The number of rotatable bonds is 7. The standard InChI is InChI=1S/C13H26NO2/c1-7-8-9-10-12(14(4,5)6)16-13(15)11(2)3/h12H,2,7-10H2,1,3-6H3/q+1. The molecule has 0 aromatic rings. The Kier molecular flexibility index (Phi) is 6.34. The Morgan fingerprint density at radius 3 is 2.25 bits per heavy atom. The fraction of sp³-hybridized carbons (Fsp3) is 0.769. The van der Waals surface area contributed by atoms with Crippen LogP contribution in [0.5, 0.6) is 0 Å². The minimum absolute atomic E-state index is 0.0734. The van der Waals surface area contributed by atoms with Crippen molar-refractivity contribution in [2.45, 2.75) is 45.8 Å². The van der Waals surface area contributed by atoms with Gasteiger partial charge in [0.15, 0.2) is 0 Å². The lowest BCUT2D eigenvalue weighted by atomic mass is 10.1. The number of unbranched alkanes of at least 4 members (excludes halogenated alkanes) is 2. The third kappa shape index (κ3) is 5.91. The SMILES string of the molecule is C=C(C)C(=O)OC(CCCCC)[N+](C)(C)C. The van der Waals surface area contributed by atoms with Crippen LogP contribution < -0.4 is 0 Å². The van der Waals surface area contributed by atoms with Gasteiger partial charge in [-0.05, 0) is 13.3 Å². The van der Waals surface area contributed by atoms with Crippen molar-refractivity contribution in [1.29, 1.82) is 0 Å². The Hall–Kier alpha value is -0.830. The van der Waals surface area contributed by atoms with Gasteiger partial charge in [0.05, 0.1) is 21.1 Å². The molecule has 94 valence electrons. The molecule has 1 unspecified atom stereocenters. The molecule has 3 nitrogen and oxygen atoms in total. The number of carbonyl (C=O) groups is 1. The minimum atomic E-state index is -0.283. The smallest absolute Gasteiger partial charge is 0.337 e. The second kappa shape index (κ2) is 6.69. The summed E-state index contributed by atoms with van der Waals surface area (Å²) in [6.45, 7) is 7.45. The van der Waals surface area contributed by atoms with Crippen molar-refractivity contribution in [2.75, 3.05) is 21.1 Å². The number of esters is 1. The first-order chi connectivity index (χ1) is 7.29. The van der Waals surface area contributed by atoms with Crippen LogP contribution in [-0.4, -0.2) is 37.8 Å². The van der Waals surface area contributed by atoms with E-state index in [1.165, 1.54) is 12.8 Å². The molecule has 0 spiro atoms. The van der Waals surface area contributed by atoms with Crippen LogP contribution in [0.15, 0.2) is 12.2 Å². The maximum Gasteiger partial charge on any atom is 0.337 e. The molecule has 0 saturated carbocycles. The van der Waals surface area contributed by atoms with Gasteiger partial charge >= 0.3 is 5.97 Å². The predicted molar refractivity (Wildman–Crippen MR) is 66.9 cm³/mol. The summed E-state index contributed by atoms with van der Waals surface area (Å²) in [4.78, 5) is 11.5. The molecule has 0 fully saturated rings. The van der Waals surface area contributed by atoms with Crippen LogP contribution in [0.3, 0.4) is 0 Å². The van der Waals surface area contributed by atoms with Gasteiger partial charge in [-0.1, -0.05) is 26.3 Å². The van der Waals surface area contributed by atoms with Crippen molar-refractivity contribution in [1.82, 2.24) is 0 Å². The van der Waals surface area contributed by atoms with E-state index in [1.807, 2.05) is 21.1 Å². The van der Waals surface area contributed by atoms with Crippen molar-refractivity contribution >= 4 is 5.97 Å². The number of hydrogen-bond acceptors (Lipinski definition) is 2.